The van der Waals surface area contributed by atoms with E-state index in [9.17, 15) is 26.4 Å². The minimum atomic E-state index is -4.69. The van der Waals surface area contributed by atoms with Gasteiger partial charge in [0.05, 0.1) is 0 Å². The third-order valence-electron chi connectivity index (χ3n) is 4.66. The maximum absolute atomic E-state index is 12.7. The van der Waals surface area contributed by atoms with Crippen LogP contribution in [0.2, 0.25) is 0 Å². The molecule has 1 aromatic heterocycles. The molecule has 2 heterocycles. The van der Waals surface area contributed by atoms with Gasteiger partial charge in [-0.2, -0.15) is 22.6 Å². The highest BCUT2D eigenvalue weighted by atomic mass is 32.2. The number of carbonyl (C=O) groups excluding carboxylic acids is 1. The van der Waals surface area contributed by atoms with E-state index in [2.05, 4.69) is 5.10 Å². The van der Waals surface area contributed by atoms with Gasteiger partial charge in [-0.25, -0.2) is 8.42 Å². The summed E-state index contributed by atoms with van der Waals surface area (Å²) in [7, 11) is -2.85. The van der Waals surface area contributed by atoms with E-state index in [1.807, 2.05) is 0 Å². The van der Waals surface area contributed by atoms with Crippen molar-refractivity contribution in [3.05, 3.63) is 11.8 Å². The highest BCUT2D eigenvalue weighted by molar-refractivity contribution is 7.89. The molecule has 2 aliphatic rings. The molecule has 1 saturated carbocycles. The van der Waals surface area contributed by atoms with Gasteiger partial charge in [0.1, 0.15) is 5.78 Å². The van der Waals surface area contributed by atoms with E-state index in [-0.39, 0.29) is 24.3 Å². The van der Waals surface area contributed by atoms with Gasteiger partial charge < -0.3 is 0 Å². The number of hydrogen-bond acceptors (Lipinski definition) is 4. The number of rotatable bonds is 2. The minimum Gasteiger partial charge on any atom is -0.300 e. The molecule has 23 heavy (non-hydrogen) atoms. The van der Waals surface area contributed by atoms with Gasteiger partial charge in [-0.05, 0) is 18.3 Å². The van der Waals surface area contributed by atoms with Crippen LogP contribution in [0.4, 0.5) is 13.2 Å². The van der Waals surface area contributed by atoms with Crippen molar-refractivity contribution in [2.24, 2.45) is 12.5 Å². The Morgan fingerprint density at radius 3 is 2.22 bits per heavy atom. The van der Waals surface area contributed by atoms with Crippen molar-refractivity contribution in [1.82, 2.24) is 14.1 Å². The predicted octanol–water partition coefficient (Wildman–Crippen LogP) is 1.57. The van der Waals surface area contributed by atoms with Crippen molar-refractivity contribution in [3.8, 4) is 0 Å². The molecule has 0 aromatic carbocycles. The first kappa shape index (κ1) is 16.4. The van der Waals surface area contributed by atoms with Crippen molar-refractivity contribution in [1.29, 1.82) is 0 Å². The van der Waals surface area contributed by atoms with E-state index in [4.69, 9.17) is 0 Å². The van der Waals surface area contributed by atoms with Crippen LogP contribution in [0.25, 0.3) is 0 Å². The third-order valence-corrected chi connectivity index (χ3v) is 6.61. The maximum Gasteiger partial charge on any atom is 0.435 e. The summed E-state index contributed by atoms with van der Waals surface area (Å²) in [5, 5.41) is 2.78. The summed E-state index contributed by atoms with van der Waals surface area (Å²) in [5.41, 5.74) is -1.33. The van der Waals surface area contributed by atoms with Gasteiger partial charge in [-0.1, -0.05) is 0 Å². The van der Waals surface area contributed by atoms with Crippen molar-refractivity contribution in [2.45, 2.75) is 36.9 Å². The van der Waals surface area contributed by atoms with Crippen LogP contribution in [-0.2, 0) is 28.0 Å². The quantitative estimate of drug-likeness (QED) is 0.811. The normalized spacial score (nSPS) is 22.3. The summed E-state index contributed by atoms with van der Waals surface area (Å²) in [6, 6.07) is 0.562. The number of sulfonamides is 1. The van der Waals surface area contributed by atoms with E-state index in [1.165, 1.54) is 11.4 Å². The van der Waals surface area contributed by atoms with Crippen molar-refractivity contribution in [3.63, 3.8) is 0 Å². The lowest BCUT2D eigenvalue weighted by Crippen LogP contribution is -2.49. The second-order valence-corrected chi connectivity index (χ2v) is 8.17. The van der Waals surface area contributed by atoms with E-state index in [0.29, 0.717) is 31.7 Å². The lowest BCUT2D eigenvalue weighted by molar-refractivity contribution is -0.141. The number of ketones is 1. The molecule has 3 rings (SSSR count). The highest BCUT2D eigenvalue weighted by Crippen LogP contribution is 2.47. The van der Waals surface area contributed by atoms with Gasteiger partial charge in [0.25, 0.3) is 10.0 Å². The molecule has 0 N–H and O–H groups in total. The smallest absolute Gasteiger partial charge is 0.300 e. The topological polar surface area (TPSA) is 72.3 Å². The maximum atomic E-state index is 12.7. The second-order valence-electron chi connectivity index (χ2n) is 6.29. The molecule has 0 radical (unpaired) electrons. The fourth-order valence-corrected chi connectivity index (χ4v) is 4.86. The number of piperidine rings is 1. The molecule has 1 spiro atoms. The summed E-state index contributed by atoms with van der Waals surface area (Å²) in [4.78, 5) is 11.2. The molecule has 2 fully saturated rings. The lowest BCUT2D eigenvalue weighted by atomic mass is 9.63. The molecule has 1 aromatic rings. The first-order valence-corrected chi connectivity index (χ1v) is 8.61. The Balaban J connectivity index is 1.80. The molecular weight excluding hydrogens is 335 g/mol. The molecule has 1 saturated heterocycles. The van der Waals surface area contributed by atoms with Crippen molar-refractivity contribution < 1.29 is 26.4 Å². The van der Waals surface area contributed by atoms with E-state index in [1.54, 1.807) is 0 Å². The second kappa shape index (κ2) is 5.04. The average Bonchev–Trinajstić information content (AvgIpc) is 2.80. The molecule has 0 amide bonds. The van der Waals surface area contributed by atoms with Gasteiger partial charge in [-0.15, -0.1) is 0 Å². The van der Waals surface area contributed by atoms with Gasteiger partial charge in [0.15, 0.2) is 10.7 Å². The Bertz CT molecular complexity index is 736. The first-order chi connectivity index (χ1) is 10.5. The fourth-order valence-electron chi connectivity index (χ4n) is 3.30. The molecule has 1 aliphatic heterocycles. The van der Waals surface area contributed by atoms with Gasteiger partial charge in [0, 0.05) is 39.0 Å². The number of alkyl halides is 3. The molecule has 6 nitrogen and oxygen atoms in total. The Hall–Kier alpha value is -1.42. The monoisotopic (exact) mass is 351 g/mol. The van der Waals surface area contributed by atoms with Crippen LogP contribution in [0.15, 0.2) is 11.1 Å². The summed E-state index contributed by atoms with van der Waals surface area (Å²) in [5.74, 6) is 0.183. The Morgan fingerprint density at radius 1 is 1.22 bits per heavy atom. The van der Waals surface area contributed by atoms with Crippen LogP contribution in [-0.4, -0.2) is 41.4 Å². The van der Waals surface area contributed by atoms with Crippen molar-refractivity contribution in [2.75, 3.05) is 13.1 Å². The zero-order valence-electron chi connectivity index (χ0n) is 12.4. The molecule has 0 bridgehead atoms. The predicted molar refractivity (Wildman–Crippen MR) is 72.9 cm³/mol. The summed E-state index contributed by atoms with van der Waals surface area (Å²) >= 11 is 0. The zero-order chi connectivity index (χ0) is 17.0. The Kier molecular flexibility index (Phi) is 3.60. The molecule has 1 aliphatic carbocycles. The SMILES string of the molecule is Cn1nc(C(F)(F)F)cc1S(=O)(=O)N1CCC2(CC1)CC(=O)C2. The number of aromatic nitrogens is 2. The molecular formula is C13H16F3N3O3S. The van der Waals surface area contributed by atoms with Crippen LogP contribution < -0.4 is 0 Å². The van der Waals surface area contributed by atoms with Crippen LogP contribution in [0, 0.1) is 5.41 Å². The average molecular weight is 351 g/mol. The molecule has 0 atom stereocenters. The number of hydrogen-bond donors (Lipinski definition) is 0. The van der Waals surface area contributed by atoms with Gasteiger partial charge in [0.2, 0.25) is 0 Å². The van der Waals surface area contributed by atoms with Crippen LogP contribution in [0.1, 0.15) is 31.4 Å². The number of halogens is 3. The number of nitrogens with zero attached hydrogens (tertiary/aromatic N) is 3. The zero-order valence-corrected chi connectivity index (χ0v) is 13.2. The minimum absolute atomic E-state index is 0.104. The number of aryl methyl sites for hydroxylation is 1. The van der Waals surface area contributed by atoms with Crippen LogP contribution in [0.5, 0.6) is 0 Å². The van der Waals surface area contributed by atoms with Crippen LogP contribution >= 0.6 is 0 Å². The number of carbonyl (C=O) groups is 1. The molecule has 128 valence electrons. The summed E-state index contributed by atoms with van der Waals surface area (Å²) in [6.07, 6.45) is -2.62. The lowest BCUT2D eigenvalue weighted by Gasteiger charge is -2.46. The van der Waals surface area contributed by atoms with E-state index < -0.39 is 26.9 Å². The standard InChI is InChI=1S/C13H16F3N3O3S/c1-18-11(6-10(17-18)13(14,15)16)23(21,22)19-4-2-12(3-5-19)7-9(20)8-12/h6H,2-5,7-8H2,1H3. The van der Waals surface area contributed by atoms with Gasteiger partial charge in [-0.3, -0.25) is 9.48 Å². The van der Waals surface area contributed by atoms with Crippen LogP contribution in [0.3, 0.4) is 0 Å². The number of Topliss-reactive ketones (excluding diaryl/α,β-unsaturated/α-hetero) is 1. The largest absolute Gasteiger partial charge is 0.435 e. The fraction of sp³-hybridized carbons (Fsp3) is 0.692. The Morgan fingerprint density at radius 2 is 1.78 bits per heavy atom. The van der Waals surface area contributed by atoms with Crippen molar-refractivity contribution >= 4 is 15.8 Å². The molecule has 0 unspecified atom stereocenters. The van der Waals surface area contributed by atoms with E-state index >= 15 is 0 Å². The molecule has 10 heteroatoms. The highest BCUT2D eigenvalue weighted by Gasteiger charge is 2.47. The third kappa shape index (κ3) is 2.78. The summed E-state index contributed by atoms with van der Waals surface area (Å²) in [6.45, 7) is 0.421. The Labute approximate surface area is 131 Å². The first-order valence-electron chi connectivity index (χ1n) is 7.17. The van der Waals surface area contributed by atoms with E-state index in [0.717, 1.165) is 4.68 Å². The summed E-state index contributed by atoms with van der Waals surface area (Å²) < 4.78 is 65.1. The van der Waals surface area contributed by atoms with Gasteiger partial charge >= 0.3 is 6.18 Å².